The van der Waals surface area contributed by atoms with Gasteiger partial charge < -0.3 is 4.90 Å². The fourth-order valence-electron chi connectivity index (χ4n) is 1.72. The molecule has 0 N–H and O–H groups in total. The van der Waals surface area contributed by atoms with Crippen molar-refractivity contribution in [2.24, 2.45) is 0 Å². The fourth-order valence-corrected chi connectivity index (χ4v) is 1.86. The minimum Gasteiger partial charge on any atom is -0.315 e. The second-order valence-corrected chi connectivity index (χ2v) is 4.79. The zero-order chi connectivity index (χ0) is 13.8. The number of rotatable bonds is 3. The standard InChI is InChI=1S/C15H14FNOS/c1-17(13-6-4-12(16)5-7-13)15(18)10-11-2-8-14(19)9-3-11/h2-9,19H,10H2,1H3. The summed E-state index contributed by atoms with van der Waals surface area (Å²) >= 11 is 4.20. The third-order valence-corrected chi connectivity index (χ3v) is 3.18. The monoisotopic (exact) mass is 275 g/mol. The van der Waals surface area contributed by atoms with Crippen LogP contribution >= 0.6 is 12.6 Å². The van der Waals surface area contributed by atoms with E-state index in [0.717, 1.165) is 10.5 Å². The number of anilines is 1. The van der Waals surface area contributed by atoms with Crippen molar-refractivity contribution in [2.75, 3.05) is 11.9 Å². The van der Waals surface area contributed by atoms with Gasteiger partial charge in [-0.05, 0) is 42.0 Å². The number of halogens is 1. The van der Waals surface area contributed by atoms with Crippen LogP contribution in [0.15, 0.2) is 53.4 Å². The molecule has 0 saturated heterocycles. The van der Waals surface area contributed by atoms with Crippen LogP contribution in [0, 0.1) is 5.82 Å². The number of hydrogen-bond acceptors (Lipinski definition) is 2. The maximum Gasteiger partial charge on any atom is 0.231 e. The van der Waals surface area contributed by atoms with E-state index < -0.39 is 0 Å². The fraction of sp³-hybridized carbons (Fsp3) is 0.133. The third-order valence-electron chi connectivity index (χ3n) is 2.88. The SMILES string of the molecule is CN(C(=O)Cc1ccc(S)cc1)c1ccc(F)cc1. The van der Waals surface area contributed by atoms with Gasteiger partial charge in [-0.25, -0.2) is 4.39 Å². The highest BCUT2D eigenvalue weighted by atomic mass is 32.1. The van der Waals surface area contributed by atoms with Gasteiger partial charge in [0.05, 0.1) is 6.42 Å². The molecule has 0 saturated carbocycles. The van der Waals surface area contributed by atoms with Crippen LogP contribution in [-0.4, -0.2) is 13.0 Å². The Balaban J connectivity index is 2.07. The molecule has 19 heavy (non-hydrogen) atoms. The van der Waals surface area contributed by atoms with Crippen molar-refractivity contribution in [3.63, 3.8) is 0 Å². The van der Waals surface area contributed by atoms with E-state index in [1.165, 1.54) is 17.0 Å². The Hall–Kier alpha value is -1.81. The van der Waals surface area contributed by atoms with Gasteiger partial charge in [0.2, 0.25) is 5.91 Å². The predicted molar refractivity (Wildman–Crippen MR) is 77.2 cm³/mol. The van der Waals surface area contributed by atoms with Gasteiger partial charge in [-0.2, -0.15) is 0 Å². The summed E-state index contributed by atoms with van der Waals surface area (Å²) in [5.74, 6) is -0.354. The maximum absolute atomic E-state index is 12.8. The minimum atomic E-state index is -0.311. The molecule has 2 aromatic rings. The van der Waals surface area contributed by atoms with Gasteiger partial charge in [-0.15, -0.1) is 12.6 Å². The van der Waals surface area contributed by atoms with Gasteiger partial charge in [0.25, 0.3) is 0 Å². The summed E-state index contributed by atoms with van der Waals surface area (Å²) in [5.41, 5.74) is 1.61. The normalized spacial score (nSPS) is 10.3. The summed E-state index contributed by atoms with van der Waals surface area (Å²) in [5, 5.41) is 0. The Morgan fingerprint density at radius 2 is 1.68 bits per heavy atom. The average molecular weight is 275 g/mol. The Labute approximate surface area is 117 Å². The largest absolute Gasteiger partial charge is 0.315 e. The number of carbonyl (C=O) groups excluding carboxylic acids is 1. The molecule has 0 bridgehead atoms. The van der Waals surface area contributed by atoms with E-state index in [-0.39, 0.29) is 11.7 Å². The lowest BCUT2D eigenvalue weighted by atomic mass is 10.1. The molecule has 0 atom stereocenters. The Morgan fingerprint density at radius 1 is 1.11 bits per heavy atom. The van der Waals surface area contributed by atoms with E-state index in [2.05, 4.69) is 12.6 Å². The van der Waals surface area contributed by atoms with Gasteiger partial charge in [0.15, 0.2) is 0 Å². The van der Waals surface area contributed by atoms with E-state index in [9.17, 15) is 9.18 Å². The number of likely N-dealkylation sites (N-methyl/N-ethyl adjacent to an activating group) is 1. The highest BCUT2D eigenvalue weighted by molar-refractivity contribution is 7.80. The number of carbonyl (C=O) groups is 1. The van der Waals surface area contributed by atoms with E-state index >= 15 is 0 Å². The van der Waals surface area contributed by atoms with Gasteiger partial charge in [0, 0.05) is 17.6 Å². The Morgan fingerprint density at radius 3 is 2.26 bits per heavy atom. The molecule has 0 aliphatic rings. The second kappa shape index (κ2) is 5.89. The first-order valence-electron chi connectivity index (χ1n) is 5.86. The van der Waals surface area contributed by atoms with Crippen molar-refractivity contribution >= 4 is 24.2 Å². The lowest BCUT2D eigenvalue weighted by molar-refractivity contribution is -0.117. The zero-order valence-corrected chi connectivity index (χ0v) is 11.4. The molecule has 0 fully saturated rings. The first-order valence-corrected chi connectivity index (χ1v) is 6.31. The van der Waals surface area contributed by atoms with Crippen LogP contribution in [0.3, 0.4) is 0 Å². The van der Waals surface area contributed by atoms with Gasteiger partial charge >= 0.3 is 0 Å². The molecule has 0 radical (unpaired) electrons. The summed E-state index contributed by atoms with van der Waals surface area (Å²) in [6.07, 6.45) is 0.307. The number of amides is 1. The number of nitrogens with zero attached hydrogens (tertiary/aromatic N) is 1. The molecular weight excluding hydrogens is 261 g/mol. The molecule has 0 unspecified atom stereocenters. The van der Waals surface area contributed by atoms with Gasteiger partial charge in [-0.1, -0.05) is 12.1 Å². The van der Waals surface area contributed by atoms with Crippen LogP contribution in [0.5, 0.6) is 0 Å². The lowest BCUT2D eigenvalue weighted by Gasteiger charge is -2.17. The van der Waals surface area contributed by atoms with E-state index in [1.54, 1.807) is 19.2 Å². The summed E-state index contributed by atoms with van der Waals surface area (Å²) in [4.78, 5) is 14.5. The highest BCUT2D eigenvalue weighted by Crippen LogP contribution is 2.15. The Kier molecular flexibility index (Phi) is 4.22. The van der Waals surface area contributed by atoms with Gasteiger partial charge in [-0.3, -0.25) is 4.79 Å². The van der Waals surface area contributed by atoms with E-state index in [0.29, 0.717) is 12.1 Å². The van der Waals surface area contributed by atoms with Crippen molar-refractivity contribution in [3.05, 3.63) is 59.9 Å². The third kappa shape index (κ3) is 3.58. The minimum absolute atomic E-state index is 0.0430. The van der Waals surface area contributed by atoms with Crippen LogP contribution in [-0.2, 0) is 11.2 Å². The lowest BCUT2D eigenvalue weighted by Crippen LogP contribution is -2.27. The summed E-state index contributed by atoms with van der Waals surface area (Å²) < 4.78 is 12.8. The number of benzene rings is 2. The smallest absolute Gasteiger partial charge is 0.231 e. The summed E-state index contributed by atoms with van der Waals surface area (Å²) in [6, 6.07) is 13.3. The van der Waals surface area contributed by atoms with Crippen LogP contribution in [0.4, 0.5) is 10.1 Å². The number of thiol groups is 1. The topological polar surface area (TPSA) is 20.3 Å². The van der Waals surface area contributed by atoms with Crippen LogP contribution in [0.1, 0.15) is 5.56 Å². The molecule has 2 nitrogen and oxygen atoms in total. The molecule has 0 aromatic heterocycles. The second-order valence-electron chi connectivity index (χ2n) is 4.27. The molecule has 2 rings (SSSR count). The quantitative estimate of drug-likeness (QED) is 0.852. The highest BCUT2D eigenvalue weighted by Gasteiger charge is 2.11. The van der Waals surface area contributed by atoms with Crippen LogP contribution < -0.4 is 4.90 Å². The molecule has 0 heterocycles. The molecule has 0 aliphatic heterocycles. The van der Waals surface area contributed by atoms with Crippen molar-refractivity contribution in [1.82, 2.24) is 0 Å². The molecule has 2 aromatic carbocycles. The van der Waals surface area contributed by atoms with Gasteiger partial charge in [0.1, 0.15) is 5.82 Å². The maximum atomic E-state index is 12.8. The Bertz CT molecular complexity index is 566. The van der Waals surface area contributed by atoms with Crippen molar-refractivity contribution in [2.45, 2.75) is 11.3 Å². The zero-order valence-electron chi connectivity index (χ0n) is 10.5. The summed E-state index contributed by atoms with van der Waals surface area (Å²) in [7, 11) is 1.68. The van der Waals surface area contributed by atoms with Crippen molar-refractivity contribution < 1.29 is 9.18 Å². The first kappa shape index (κ1) is 13.6. The van der Waals surface area contributed by atoms with Crippen LogP contribution in [0.25, 0.3) is 0 Å². The molecular formula is C15H14FNOS. The van der Waals surface area contributed by atoms with Crippen LogP contribution in [0.2, 0.25) is 0 Å². The average Bonchev–Trinajstić information content (AvgIpc) is 2.41. The molecule has 98 valence electrons. The number of hydrogen-bond donors (Lipinski definition) is 1. The molecule has 4 heteroatoms. The predicted octanol–water partition coefficient (Wildman–Crippen LogP) is 3.32. The first-order chi connectivity index (χ1) is 9.06. The van der Waals surface area contributed by atoms with Crippen molar-refractivity contribution in [3.8, 4) is 0 Å². The molecule has 0 aliphatic carbocycles. The molecule has 0 spiro atoms. The molecule has 1 amide bonds. The summed E-state index contributed by atoms with van der Waals surface area (Å²) in [6.45, 7) is 0. The van der Waals surface area contributed by atoms with E-state index in [1.807, 2.05) is 24.3 Å². The van der Waals surface area contributed by atoms with E-state index in [4.69, 9.17) is 0 Å². The van der Waals surface area contributed by atoms with Crippen molar-refractivity contribution in [1.29, 1.82) is 0 Å².